The van der Waals surface area contributed by atoms with Gasteiger partial charge in [0, 0.05) is 17.5 Å². The van der Waals surface area contributed by atoms with E-state index in [1.807, 2.05) is 49.4 Å². The molecule has 0 radical (unpaired) electrons. The number of thioether (sulfide) groups is 1. The zero-order valence-corrected chi connectivity index (χ0v) is 18.7. The maximum Gasteiger partial charge on any atom is 0.316 e. The molecule has 1 fully saturated rings. The largest absolute Gasteiger partial charge is 0.455 e. The number of fused-ring (bicyclic) bond motifs is 1. The van der Waals surface area contributed by atoms with Crippen LogP contribution in [0.5, 0.6) is 0 Å². The van der Waals surface area contributed by atoms with Crippen molar-refractivity contribution in [2.75, 3.05) is 30.4 Å². The molecule has 0 bridgehead atoms. The van der Waals surface area contributed by atoms with Gasteiger partial charge in [-0.25, -0.2) is 8.42 Å². The van der Waals surface area contributed by atoms with Gasteiger partial charge in [-0.3, -0.25) is 9.59 Å². The minimum absolute atomic E-state index is 0.00574. The summed E-state index contributed by atoms with van der Waals surface area (Å²) in [7, 11) is -3.09. The van der Waals surface area contributed by atoms with Crippen molar-refractivity contribution in [1.29, 1.82) is 0 Å². The number of rotatable bonds is 9. The number of esters is 1. The number of hydrogen-bond acceptors (Lipinski definition) is 6. The topological polar surface area (TPSA) is 80.8 Å². The Morgan fingerprint density at radius 3 is 2.63 bits per heavy atom. The van der Waals surface area contributed by atoms with Gasteiger partial charge in [0.1, 0.15) is 0 Å². The van der Waals surface area contributed by atoms with Gasteiger partial charge in [0.15, 0.2) is 16.4 Å². The van der Waals surface area contributed by atoms with Gasteiger partial charge >= 0.3 is 5.97 Å². The number of sulfone groups is 1. The molecule has 30 heavy (non-hydrogen) atoms. The monoisotopic (exact) mass is 449 g/mol. The van der Waals surface area contributed by atoms with E-state index in [0.29, 0.717) is 13.0 Å². The van der Waals surface area contributed by atoms with E-state index < -0.39 is 15.8 Å². The van der Waals surface area contributed by atoms with Crippen LogP contribution in [0.3, 0.4) is 0 Å². The van der Waals surface area contributed by atoms with Crippen LogP contribution in [0.1, 0.15) is 26.2 Å². The molecule has 162 valence electrons. The number of amides is 1. The van der Waals surface area contributed by atoms with E-state index in [0.717, 1.165) is 28.5 Å². The fourth-order valence-corrected chi connectivity index (χ4v) is 6.00. The second-order valence-electron chi connectivity index (χ2n) is 7.46. The molecule has 1 aliphatic rings. The Morgan fingerprint density at radius 1 is 1.17 bits per heavy atom. The number of unbranched alkanes of at least 4 members (excludes halogenated alkanes) is 1. The average molecular weight is 450 g/mol. The molecule has 3 rings (SSSR count). The molecule has 0 saturated carbocycles. The van der Waals surface area contributed by atoms with Crippen LogP contribution in [-0.2, 0) is 24.2 Å². The standard InChI is InChI=1S/C22H27NO5S2/c1-2-3-11-23(19-10-12-30(26,27)16-19)21(24)14-28-22(25)15-29-20-9-8-17-6-4-5-7-18(17)13-20/h4-9,13,19H,2-3,10-12,14-16H2,1H3. The Morgan fingerprint density at radius 2 is 1.93 bits per heavy atom. The van der Waals surface area contributed by atoms with E-state index >= 15 is 0 Å². The lowest BCUT2D eigenvalue weighted by molar-refractivity contribution is -0.150. The summed E-state index contributed by atoms with van der Waals surface area (Å²) in [5.74, 6) is -0.576. The van der Waals surface area contributed by atoms with E-state index in [1.54, 1.807) is 4.90 Å². The highest BCUT2D eigenvalue weighted by Crippen LogP contribution is 2.24. The van der Waals surface area contributed by atoms with Gasteiger partial charge in [0.2, 0.25) is 0 Å². The van der Waals surface area contributed by atoms with Crippen molar-refractivity contribution in [3.05, 3.63) is 42.5 Å². The van der Waals surface area contributed by atoms with E-state index in [2.05, 4.69) is 0 Å². The van der Waals surface area contributed by atoms with Gasteiger partial charge in [0.25, 0.3) is 5.91 Å². The van der Waals surface area contributed by atoms with E-state index in [-0.39, 0.29) is 35.8 Å². The van der Waals surface area contributed by atoms with Crippen LogP contribution < -0.4 is 0 Å². The molecule has 0 aliphatic carbocycles. The van der Waals surface area contributed by atoms with E-state index in [4.69, 9.17) is 4.74 Å². The Bertz CT molecular complexity index is 1010. The Kier molecular flexibility index (Phi) is 7.77. The summed E-state index contributed by atoms with van der Waals surface area (Å²) in [5.41, 5.74) is 0. The zero-order chi connectivity index (χ0) is 21.6. The molecule has 1 heterocycles. The van der Waals surface area contributed by atoms with Crippen molar-refractivity contribution in [3.8, 4) is 0 Å². The predicted molar refractivity (Wildman–Crippen MR) is 119 cm³/mol. The molecule has 1 atom stereocenters. The lowest BCUT2D eigenvalue weighted by atomic mass is 10.1. The van der Waals surface area contributed by atoms with Gasteiger partial charge < -0.3 is 9.64 Å². The average Bonchev–Trinajstić information content (AvgIpc) is 3.10. The maximum atomic E-state index is 12.6. The van der Waals surface area contributed by atoms with E-state index in [1.165, 1.54) is 11.8 Å². The lowest BCUT2D eigenvalue weighted by Gasteiger charge is -2.28. The molecule has 0 spiro atoms. The molecule has 1 aliphatic heterocycles. The second-order valence-corrected chi connectivity index (χ2v) is 10.7. The number of carbonyl (C=O) groups excluding carboxylic acids is 2. The van der Waals surface area contributed by atoms with Gasteiger partial charge in [-0.15, -0.1) is 11.8 Å². The number of ether oxygens (including phenoxy) is 1. The first-order valence-corrected chi connectivity index (χ1v) is 13.0. The van der Waals surface area contributed by atoms with Gasteiger partial charge in [-0.1, -0.05) is 43.7 Å². The predicted octanol–water partition coefficient (Wildman–Crippen LogP) is 3.29. The summed E-state index contributed by atoms with van der Waals surface area (Å²) in [4.78, 5) is 27.3. The number of nitrogens with zero attached hydrogens (tertiary/aromatic N) is 1. The smallest absolute Gasteiger partial charge is 0.316 e. The minimum Gasteiger partial charge on any atom is -0.455 e. The van der Waals surface area contributed by atoms with Crippen molar-refractivity contribution in [3.63, 3.8) is 0 Å². The molecule has 2 aromatic carbocycles. The molecule has 6 nitrogen and oxygen atoms in total. The summed E-state index contributed by atoms with van der Waals surface area (Å²) in [5, 5.41) is 2.24. The van der Waals surface area contributed by atoms with Gasteiger partial charge in [-0.2, -0.15) is 0 Å². The summed E-state index contributed by atoms with van der Waals surface area (Å²) in [6.45, 7) is 2.15. The summed E-state index contributed by atoms with van der Waals surface area (Å²) in [6.07, 6.45) is 2.13. The maximum absolute atomic E-state index is 12.6. The van der Waals surface area contributed by atoms with Crippen LogP contribution in [-0.4, -0.2) is 61.6 Å². The van der Waals surface area contributed by atoms with Crippen molar-refractivity contribution < 1.29 is 22.7 Å². The molecule has 0 N–H and O–H groups in total. The SMILES string of the molecule is CCCCN(C(=O)COC(=O)CSc1ccc2ccccc2c1)C1CCS(=O)(=O)C1. The third kappa shape index (κ3) is 6.22. The van der Waals surface area contributed by atoms with Gasteiger partial charge in [-0.05, 0) is 35.7 Å². The highest BCUT2D eigenvalue weighted by molar-refractivity contribution is 8.00. The third-order valence-corrected chi connectivity index (χ3v) is 7.87. The highest BCUT2D eigenvalue weighted by atomic mass is 32.2. The Hall–Kier alpha value is -2.06. The fourth-order valence-electron chi connectivity index (χ4n) is 3.53. The Balaban J connectivity index is 1.50. The Labute approximate surface area is 181 Å². The summed E-state index contributed by atoms with van der Waals surface area (Å²) in [6, 6.07) is 13.7. The molecule has 0 aromatic heterocycles. The fraction of sp³-hybridized carbons (Fsp3) is 0.455. The van der Waals surface area contributed by atoms with Crippen LogP contribution in [0.4, 0.5) is 0 Å². The van der Waals surface area contributed by atoms with Crippen LogP contribution >= 0.6 is 11.8 Å². The first kappa shape index (κ1) is 22.6. The van der Waals surface area contributed by atoms with Crippen molar-refractivity contribution in [2.45, 2.75) is 37.1 Å². The van der Waals surface area contributed by atoms with Crippen LogP contribution in [0, 0.1) is 0 Å². The molecule has 1 unspecified atom stereocenters. The lowest BCUT2D eigenvalue weighted by Crippen LogP contribution is -2.44. The van der Waals surface area contributed by atoms with Gasteiger partial charge in [0.05, 0.1) is 17.3 Å². The second kappa shape index (κ2) is 10.3. The molecule has 8 heteroatoms. The van der Waals surface area contributed by atoms with Crippen LogP contribution in [0.25, 0.3) is 10.8 Å². The molecule has 1 amide bonds. The quantitative estimate of drug-likeness (QED) is 0.432. The summed E-state index contributed by atoms with van der Waals surface area (Å²) >= 11 is 1.36. The third-order valence-electron chi connectivity index (χ3n) is 5.16. The molecular weight excluding hydrogens is 422 g/mol. The van der Waals surface area contributed by atoms with E-state index in [9.17, 15) is 18.0 Å². The molecule has 1 saturated heterocycles. The molecule has 2 aromatic rings. The first-order chi connectivity index (χ1) is 14.4. The first-order valence-electron chi connectivity index (χ1n) is 10.1. The molecular formula is C22H27NO5S2. The number of benzene rings is 2. The normalized spacial score (nSPS) is 17.7. The van der Waals surface area contributed by atoms with Crippen molar-refractivity contribution >= 4 is 44.2 Å². The van der Waals surface area contributed by atoms with Crippen molar-refractivity contribution in [2.24, 2.45) is 0 Å². The summed E-state index contributed by atoms with van der Waals surface area (Å²) < 4.78 is 28.8. The van der Waals surface area contributed by atoms with Crippen LogP contribution in [0.15, 0.2) is 47.4 Å². The number of carbonyl (C=O) groups is 2. The van der Waals surface area contributed by atoms with Crippen molar-refractivity contribution in [1.82, 2.24) is 4.90 Å². The number of hydrogen-bond donors (Lipinski definition) is 0. The zero-order valence-electron chi connectivity index (χ0n) is 17.1. The minimum atomic E-state index is -3.09. The van der Waals surface area contributed by atoms with Crippen LogP contribution in [0.2, 0.25) is 0 Å². The highest BCUT2D eigenvalue weighted by Gasteiger charge is 2.34.